The molecule has 4 heteroatoms. The average molecular weight is 269 g/mol. The lowest BCUT2D eigenvalue weighted by Crippen LogP contribution is -2.53. The molecule has 0 aromatic rings. The summed E-state index contributed by atoms with van der Waals surface area (Å²) < 4.78 is 10.9. The second-order valence-electron chi connectivity index (χ2n) is 5.84. The van der Waals surface area contributed by atoms with Gasteiger partial charge in [-0.25, -0.2) is 0 Å². The molecule has 0 aromatic carbocycles. The molecule has 1 aliphatic heterocycles. The van der Waals surface area contributed by atoms with Gasteiger partial charge in [-0.15, -0.1) is 0 Å². The molecule has 2 fully saturated rings. The van der Waals surface area contributed by atoms with Gasteiger partial charge in [-0.05, 0) is 44.9 Å². The standard InChI is InChI=1S/C15H27NO3/c1-3-12-7-8-15(10-12,14(17)18-4-2)16-11-13-6-5-9-19-13/h12-13,16H,3-11H2,1-2H3. The normalized spacial score (nSPS) is 34.6. The maximum absolute atomic E-state index is 12.3. The summed E-state index contributed by atoms with van der Waals surface area (Å²) in [4.78, 5) is 12.3. The van der Waals surface area contributed by atoms with E-state index in [1.165, 1.54) is 0 Å². The van der Waals surface area contributed by atoms with Crippen LogP contribution in [-0.4, -0.2) is 37.4 Å². The lowest BCUT2D eigenvalue weighted by atomic mass is 9.94. The second kappa shape index (κ2) is 6.71. The Morgan fingerprint density at radius 2 is 2.26 bits per heavy atom. The highest BCUT2D eigenvalue weighted by Crippen LogP contribution is 2.37. The van der Waals surface area contributed by atoms with E-state index in [1.807, 2.05) is 6.92 Å². The molecule has 0 bridgehead atoms. The van der Waals surface area contributed by atoms with Gasteiger partial charge in [-0.1, -0.05) is 13.3 Å². The molecular formula is C15H27NO3. The summed E-state index contributed by atoms with van der Waals surface area (Å²) in [7, 11) is 0. The van der Waals surface area contributed by atoms with Gasteiger partial charge in [0.15, 0.2) is 0 Å². The lowest BCUT2D eigenvalue weighted by Gasteiger charge is -2.29. The van der Waals surface area contributed by atoms with E-state index in [0.717, 1.165) is 51.7 Å². The largest absolute Gasteiger partial charge is 0.465 e. The summed E-state index contributed by atoms with van der Waals surface area (Å²) in [6, 6.07) is 0. The highest BCUT2D eigenvalue weighted by atomic mass is 16.5. The third kappa shape index (κ3) is 3.48. The molecule has 0 spiro atoms. The highest BCUT2D eigenvalue weighted by Gasteiger charge is 2.46. The third-order valence-electron chi connectivity index (χ3n) is 4.55. The number of ether oxygens (including phenoxy) is 2. The van der Waals surface area contributed by atoms with E-state index in [-0.39, 0.29) is 12.1 Å². The van der Waals surface area contributed by atoms with Crippen LogP contribution >= 0.6 is 0 Å². The number of esters is 1. The summed E-state index contributed by atoms with van der Waals surface area (Å²) in [5, 5.41) is 3.49. The van der Waals surface area contributed by atoms with Crippen molar-refractivity contribution in [3.8, 4) is 0 Å². The zero-order valence-electron chi connectivity index (χ0n) is 12.2. The minimum Gasteiger partial charge on any atom is -0.465 e. The molecule has 0 radical (unpaired) electrons. The van der Waals surface area contributed by atoms with Crippen molar-refractivity contribution in [2.75, 3.05) is 19.8 Å². The summed E-state index contributed by atoms with van der Waals surface area (Å²) in [6.45, 7) is 6.16. The van der Waals surface area contributed by atoms with Crippen LogP contribution in [0.15, 0.2) is 0 Å². The predicted molar refractivity (Wildman–Crippen MR) is 74.0 cm³/mol. The second-order valence-corrected chi connectivity index (χ2v) is 5.84. The molecule has 2 aliphatic rings. The number of rotatable bonds is 6. The van der Waals surface area contributed by atoms with Crippen molar-refractivity contribution in [1.29, 1.82) is 0 Å². The fourth-order valence-corrected chi connectivity index (χ4v) is 3.30. The number of carbonyl (C=O) groups excluding carboxylic acids is 1. The first kappa shape index (κ1) is 14.8. The van der Waals surface area contributed by atoms with E-state index >= 15 is 0 Å². The zero-order chi connectivity index (χ0) is 13.7. The molecule has 1 aliphatic carbocycles. The summed E-state index contributed by atoms with van der Waals surface area (Å²) in [6.07, 6.45) is 6.58. The maximum atomic E-state index is 12.3. The molecule has 110 valence electrons. The number of hydrogen-bond donors (Lipinski definition) is 1. The van der Waals surface area contributed by atoms with Gasteiger partial charge in [0, 0.05) is 13.2 Å². The monoisotopic (exact) mass is 269 g/mol. The van der Waals surface area contributed by atoms with Crippen molar-refractivity contribution in [3.05, 3.63) is 0 Å². The predicted octanol–water partition coefficient (Wildman–Crippen LogP) is 2.27. The number of carbonyl (C=O) groups is 1. The highest BCUT2D eigenvalue weighted by molar-refractivity contribution is 5.81. The van der Waals surface area contributed by atoms with Crippen molar-refractivity contribution in [2.45, 2.75) is 64.0 Å². The number of nitrogens with one attached hydrogen (secondary N) is 1. The average Bonchev–Trinajstić information content (AvgIpc) is 3.07. The minimum absolute atomic E-state index is 0.0658. The van der Waals surface area contributed by atoms with Crippen LogP contribution in [0.2, 0.25) is 0 Å². The quantitative estimate of drug-likeness (QED) is 0.751. The fourth-order valence-electron chi connectivity index (χ4n) is 3.30. The first-order chi connectivity index (χ1) is 9.20. The molecule has 1 N–H and O–H groups in total. The molecule has 3 unspecified atom stereocenters. The Balaban J connectivity index is 1.95. The van der Waals surface area contributed by atoms with Gasteiger partial charge in [0.2, 0.25) is 0 Å². The van der Waals surface area contributed by atoms with Crippen LogP contribution in [-0.2, 0) is 14.3 Å². The molecular weight excluding hydrogens is 242 g/mol. The van der Waals surface area contributed by atoms with Gasteiger partial charge in [0.25, 0.3) is 0 Å². The minimum atomic E-state index is -0.456. The SMILES string of the molecule is CCOC(=O)C1(NCC2CCCO2)CCC(CC)C1. The van der Waals surface area contributed by atoms with Crippen LogP contribution in [0.4, 0.5) is 0 Å². The third-order valence-corrected chi connectivity index (χ3v) is 4.55. The van der Waals surface area contributed by atoms with E-state index in [1.54, 1.807) is 0 Å². The van der Waals surface area contributed by atoms with Gasteiger partial charge in [-0.3, -0.25) is 10.1 Å². The molecule has 1 saturated heterocycles. The van der Waals surface area contributed by atoms with Gasteiger partial charge in [0.1, 0.15) is 5.54 Å². The topological polar surface area (TPSA) is 47.6 Å². The molecule has 19 heavy (non-hydrogen) atoms. The van der Waals surface area contributed by atoms with Crippen molar-refractivity contribution in [2.24, 2.45) is 5.92 Å². The molecule has 3 atom stereocenters. The van der Waals surface area contributed by atoms with E-state index < -0.39 is 5.54 Å². The van der Waals surface area contributed by atoms with Gasteiger partial charge in [0.05, 0.1) is 12.7 Å². The van der Waals surface area contributed by atoms with E-state index in [2.05, 4.69) is 12.2 Å². The van der Waals surface area contributed by atoms with Gasteiger partial charge in [-0.2, -0.15) is 0 Å². The Morgan fingerprint density at radius 3 is 2.84 bits per heavy atom. The van der Waals surface area contributed by atoms with Crippen LogP contribution in [0.1, 0.15) is 52.4 Å². The van der Waals surface area contributed by atoms with Crippen molar-refractivity contribution in [1.82, 2.24) is 5.32 Å². The molecule has 1 heterocycles. The van der Waals surface area contributed by atoms with Gasteiger partial charge < -0.3 is 9.47 Å². The first-order valence-electron chi connectivity index (χ1n) is 7.74. The van der Waals surface area contributed by atoms with Crippen LogP contribution < -0.4 is 5.32 Å². The molecule has 2 rings (SSSR count). The Bertz CT molecular complexity index is 302. The van der Waals surface area contributed by atoms with E-state index in [4.69, 9.17) is 9.47 Å². The Hall–Kier alpha value is -0.610. The molecule has 4 nitrogen and oxygen atoms in total. The van der Waals surface area contributed by atoms with Crippen LogP contribution in [0.3, 0.4) is 0 Å². The lowest BCUT2D eigenvalue weighted by molar-refractivity contribution is -0.151. The molecule has 0 amide bonds. The Kier molecular flexibility index (Phi) is 5.22. The molecule has 1 saturated carbocycles. The summed E-state index contributed by atoms with van der Waals surface area (Å²) in [5.41, 5.74) is -0.456. The maximum Gasteiger partial charge on any atom is 0.326 e. The smallest absolute Gasteiger partial charge is 0.326 e. The van der Waals surface area contributed by atoms with Crippen LogP contribution in [0.5, 0.6) is 0 Å². The van der Waals surface area contributed by atoms with E-state index in [9.17, 15) is 4.79 Å². The Labute approximate surface area is 116 Å². The van der Waals surface area contributed by atoms with Crippen molar-refractivity contribution < 1.29 is 14.3 Å². The first-order valence-corrected chi connectivity index (χ1v) is 7.74. The van der Waals surface area contributed by atoms with Crippen LogP contribution in [0.25, 0.3) is 0 Å². The van der Waals surface area contributed by atoms with E-state index in [0.29, 0.717) is 12.5 Å². The van der Waals surface area contributed by atoms with Crippen molar-refractivity contribution in [3.63, 3.8) is 0 Å². The Morgan fingerprint density at radius 1 is 1.42 bits per heavy atom. The van der Waals surface area contributed by atoms with Crippen LogP contribution in [0, 0.1) is 5.92 Å². The fraction of sp³-hybridized carbons (Fsp3) is 0.933. The summed E-state index contributed by atoms with van der Waals surface area (Å²) >= 11 is 0. The zero-order valence-corrected chi connectivity index (χ0v) is 12.2. The molecule has 0 aromatic heterocycles. The number of hydrogen-bond acceptors (Lipinski definition) is 4. The van der Waals surface area contributed by atoms with Crippen molar-refractivity contribution >= 4 is 5.97 Å². The summed E-state index contributed by atoms with van der Waals surface area (Å²) in [5.74, 6) is 0.574. The van der Waals surface area contributed by atoms with Gasteiger partial charge >= 0.3 is 5.97 Å².